The Kier molecular flexibility index (Phi) is 7.27. The summed E-state index contributed by atoms with van der Waals surface area (Å²) in [6.07, 6.45) is 1.45. The fourth-order valence-corrected chi connectivity index (χ4v) is 4.77. The van der Waals surface area contributed by atoms with Gasteiger partial charge in [0.2, 0.25) is 5.91 Å². The van der Waals surface area contributed by atoms with Crippen LogP contribution in [0, 0.1) is 0 Å². The van der Waals surface area contributed by atoms with Crippen LogP contribution in [0.15, 0.2) is 39.9 Å². The number of thiophene rings is 1. The molecule has 0 aliphatic heterocycles. The first-order valence-electron chi connectivity index (χ1n) is 7.51. The molecule has 0 radical (unpaired) electrons. The van der Waals surface area contributed by atoms with E-state index in [-0.39, 0.29) is 16.7 Å². The maximum atomic E-state index is 12.2. The summed E-state index contributed by atoms with van der Waals surface area (Å²) in [5.74, 6) is -0.336. The third-order valence-corrected chi connectivity index (χ3v) is 7.39. The summed E-state index contributed by atoms with van der Waals surface area (Å²) >= 11 is 12.9. The van der Waals surface area contributed by atoms with Crippen molar-refractivity contribution in [1.29, 1.82) is 0 Å². The number of carbonyl (C=O) groups is 1. The van der Waals surface area contributed by atoms with E-state index in [9.17, 15) is 13.2 Å². The van der Waals surface area contributed by atoms with Crippen molar-refractivity contribution >= 4 is 50.5 Å². The number of halogens is 2. The van der Waals surface area contributed by atoms with Crippen molar-refractivity contribution in [2.45, 2.75) is 17.1 Å². The third-order valence-electron chi connectivity index (χ3n) is 3.47. The molecule has 0 spiro atoms. The van der Waals surface area contributed by atoms with Crippen LogP contribution >= 0.6 is 34.5 Å². The van der Waals surface area contributed by atoms with E-state index in [4.69, 9.17) is 23.2 Å². The van der Waals surface area contributed by atoms with Crippen molar-refractivity contribution in [2.75, 3.05) is 20.1 Å². The lowest BCUT2D eigenvalue weighted by molar-refractivity contribution is -0.121. The van der Waals surface area contributed by atoms with Gasteiger partial charge in [0.25, 0.3) is 10.0 Å². The number of amides is 1. The lowest BCUT2D eigenvalue weighted by Crippen LogP contribution is -2.38. The second-order valence-corrected chi connectivity index (χ2v) is 9.43. The Balaban J connectivity index is 1.76. The first kappa shape index (κ1) is 20.2. The molecule has 25 heavy (non-hydrogen) atoms. The molecule has 0 aliphatic rings. The molecule has 0 unspecified atom stereocenters. The summed E-state index contributed by atoms with van der Waals surface area (Å²) in [7, 11) is -2.22. The number of carbonyl (C=O) groups excluding carboxylic acids is 1. The number of sulfonamides is 1. The predicted molar refractivity (Wildman–Crippen MR) is 102 cm³/mol. The second-order valence-electron chi connectivity index (χ2n) is 5.40. The van der Waals surface area contributed by atoms with Crippen molar-refractivity contribution in [3.05, 3.63) is 51.3 Å². The van der Waals surface area contributed by atoms with Crippen LogP contribution in [0.3, 0.4) is 0 Å². The summed E-state index contributed by atoms with van der Waals surface area (Å²) in [4.78, 5) is 11.9. The van der Waals surface area contributed by atoms with Gasteiger partial charge < -0.3 is 5.32 Å². The van der Waals surface area contributed by atoms with E-state index in [0.29, 0.717) is 23.0 Å². The molecule has 0 aliphatic carbocycles. The molecular formula is C16H18Cl2N2O3S2. The average molecular weight is 421 g/mol. The minimum atomic E-state index is -3.61. The summed E-state index contributed by atoms with van der Waals surface area (Å²) < 4.78 is 25.7. The van der Waals surface area contributed by atoms with Crippen LogP contribution in [0.4, 0.5) is 0 Å². The molecule has 1 aromatic heterocycles. The molecule has 9 heteroatoms. The summed E-state index contributed by atoms with van der Waals surface area (Å²) in [6.45, 7) is 0.235. The third kappa shape index (κ3) is 5.69. The van der Waals surface area contributed by atoms with Crippen molar-refractivity contribution in [1.82, 2.24) is 9.62 Å². The van der Waals surface area contributed by atoms with Crippen LogP contribution in [0.25, 0.3) is 0 Å². The van der Waals surface area contributed by atoms with Crippen LogP contribution in [-0.4, -0.2) is 38.8 Å². The van der Waals surface area contributed by atoms with E-state index < -0.39 is 10.0 Å². The Bertz CT molecular complexity index is 824. The first-order chi connectivity index (χ1) is 11.8. The average Bonchev–Trinajstić information content (AvgIpc) is 3.10. The first-order valence-corrected chi connectivity index (χ1v) is 10.6. The molecule has 136 valence electrons. The highest BCUT2D eigenvalue weighted by molar-refractivity contribution is 7.91. The molecule has 0 fully saturated rings. The number of rotatable bonds is 8. The predicted octanol–water partition coefficient (Wildman–Crippen LogP) is 3.42. The van der Waals surface area contributed by atoms with Gasteiger partial charge in [-0.15, -0.1) is 11.3 Å². The number of aryl methyl sites for hydroxylation is 1. The highest BCUT2D eigenvalue weighted by Crippen LogP contribution is 2.23. The van der Waals surface area contributed by atoms with Gasteiger partial charge in [0.05, 0.1) is 16.6 Å². The molecule has 0 atom stereocenters. The number of hydrogen-bond donors (Lipinski definition) is 1. The largest absolute Gasteiger partial charge is 0.355 e. The summed E-state index contributed by atoms with van der Waals surface area (Å²) in [5, 5.41) is 5.42. The van der Waals surface area contributed by atoms with Gasteiger partial charge in [0.1, 0.15) is 4.21 Å². The molecule has 1 amide bonds. The van der Waals surface area contributed by atoms with Crippen molar-refractivity contribution in [3.63, 3.8) is 0 Å². The quantitative estimate of drug-likeness (QED) is 0.665. The van der Waals surface area contributed by atoms with E-state index in [1.54, 1.807) is 23.6 Å². The van der Waals surface area contributed by atoms with Crippen LogP contribution in [-0.2, 0) is 21.2 Å². The van der Waals surface area contributed by atoms with E-state index in [1.165, 1.54) is 13.1 Å². The molecule has 0 saturated carbocycles. The molecule has 0 saturated heterocycles. The molecule has 1 heterocycles. The van der Waals surface area contributed by atoms with E-state index in [0.717, 1.165) is 27.6 Å². The van der Waals surface area contributed by atoms with Crippen molar-refractivity contribution < 1.29 is 13.2 Å². The lowest BCUT2D eigenvalue weighted by Gasteiger charge is -2.15. The highest BCUT2D eigenvalue weighted by Gasteiger charge is 2.23. The Hall–Kier alpha value is -1.12. The molecular weight excluding hydrogens is 403 g/mol. The van der Waals surface area contributed by atoms with Gasteiger partial charge in [-0.3, -0.25) is 4.79 Å². The van der Waals surface area contributed by atoms with E-state index in [1.807, 2.05) is 6.07 Å². The number of nitrogens with one attached hydrogen (secondary N) is 1. The Morgan fingerprint density at radius 1 is 1.24 bits per heavy atom. The number of hydrogen-bond acceptors (Lipinski definition) is 4. The standard InChI is InChI=1S/C16H18Cl2N2O3S2/c1-20(25(22,23)16-5-3-9-24-16)11-15(21)19-8-2-4-12-6-7-13(17)14(18)10-12/h3,5-7,9-10H,2,4,8,11H2,1H3,(H,19,21). The molecule has 2 rings (SSSR count). The zero-order chi connectivity index (χ0) is 18.4. The molecule has 2 aromatic rings. The Morgan fingerprint density at radius 2 is 2.00 bits per heavy atom. The SMILES string of the molecule is CN(CC(=O)NCCCc1ccc(Cl)c(Cl)c1)S(=O)(=O)c1cccs1. The normalized spacial score (nSPS) is 11.7. The van der Waals surface area contributed by atoms with Crippen LogP contribution in [0.5, 0.6) is 0 Å². The van der Waals surface area contributed by atoms with E-state index in [2.05, 4.69) is 5.32 Å². The number of likely N-dealkylation sites (N-methyl/N-ethyl adjacent to an activating group) is 1. The molecule has 1 aromatic carbocycles. The van der Waals surface area contributed by atoms with Gasteiger partial charge in [0, 0.05) is 13.6 Å². The minimum Gasteiger partial charge on any atom is -0.355 e. The topological polar surface area (TPSA) is 66.5 Å². The number of nitrogens with zero attached hydrogens (tertiary/aromatic N) is 1. The lowest BCUT2D eigenvalue weighted by atomic mass is 10.1. The molecule has 0 bridgehead atoms. The zero-order valence-electron chi connectivity index (χ0n) is 13.5. The van der Waals surface area contributed by atoms with Gasteiger partial charge in [0.15, 0.2) is 0 Å². The molecule has 1 N–H and O–H groups in total. The van der Waals surface area contributed by atoms with Crippen molar-refractivity contribution in [3.8, 4) is 0 Å². The van der Waals surface area contributed by atoms with Gasteiger partial charge in [-0.2, -0.15) is 4.31 Å². The fourth-order valence-electron chi connectivity index (χ4n) is 2.12. The van der Waals surface area contributed by atoms with Gasteiger partial charge in [-0.05, 0) is 42.0 Å². The van der Waals surface area contributed by atoms with Crippen molar-refractivity contribution in [2.24, 2.45) is 0 Å². The monoisotopic (exact) mass is 420 g/mol. The van der Waals surface area contributed by atoms with Gasteiger partial charge in [-0.25, -0.2) is 8.42 Å². The maximum absolute atomic E-state index is 12.2. The Labute approximate surface area is 161 Å². The highest BCUT2D eigenvalue weighted by atomic mass is 35.5. The maximum Gasteiger partial charge on any atom is 0.252 e. The zero-order valence-corrected chi connectivity index (χ0v) is 16.7. The van der Waals surface area contributed by atoms with E-state index >= 15 is 0 Å². The second kappa shape index (κ2) is 9.00. The van der Waals surface area contributed by atoms with Gasteiger partial charge in [-0.1, -0.05) is 35.3 Å². The van der Waals surface area contributed by atoms with Crippen LogP contribution in [0.2, 0.25) is 10.0 Å². The number of benzene rings is 1. The summed E-state index contributed by atoms with van der Waals surface area (Å²) in [6, 6.07) is 8.60. The van der Waals surface area contributed by atoms with Crippen LogP contribution in [0.1, 0.15) is 12.0 Å². The summed E-state index contributed by atoms with van der Waals surface area (Å²) in [5.41, 5.74) is 1.03. The van der Waals surface area contributed by atoms with Crippen LogP contribution < -0.4 is 5.32 Å². The minimum absolute atomic E-state index is 0.215. The smallest absolute Gasteiger partial charge is 0.252 e. The van der Waals surface area contributed by atoms with Gasteiger partial charge >= 0.3 is 0 Å². The Morgan fingerprint density at radius 3 is 2.64 bits per heavy atom. The fraction of sp³-hybridized carbons (Fsp3) is 0.312. The molecule has 5 nitrogen and oxygen atoms in total.